The number of ether oxygens (including phenoxy) is 2. The Morgan fingerprint density at radius 1 is 1.21 bits per heavy atom. The molecule has 24 heavy (non-hydrogen) atoms. The maximum Gasteiger partial charge on any atom is 0.231 e. The van der Waals surface area contributed by atoms with Crippen LogP contribution in [0.25, 0.3) is 10.6 Å². The van der Waals surface area contributed by atoms with Crippen LogP contribution in [0.3, 0.4) is 0 Å². The molecule has 3 heterocycles. The molecule has 1 aliphatic heterocycles. The fourth-order valence-corrected chi connectivity index (χ4v) is 3.36. The number of thiazole rings is 1. The van der Waals surface area contributed by atoms with E-state index in [9.17, 15) is 0 Å². The van der Waals surface area contributed by atoms with Gasteiger partial charge in [-0.25, -0.2) is 4.98 Å². The molecule has 3 aromatic rings. The summed E-state index contributed by atoms with van der Waals surface area (Å²) in [5.41, 5.74) is 3.10. The maximum atomic E-state index is 5.43. The SMILES string of the molecule is C[C@H](NCc1csc(-c2ccc3c(c2)OCO3)n1)c1ccccn1. The summed E-state index contributed by atoms with van der Waals surface area (Å²) < 4.78 is 10.8. The van der Waals surface area contributed by atoms with E-state index in [0.29, 0.717) is 6.54 Å². The Labute approximate surface area is 144 Å². The van der Waals surface area contributed by atoms with Crippen LogP contribution in [0.4, 0.5) is 0 Å². The van der Waals surface area contributed by atoms with Gasteiger partial charge in [0.25, 0.3) is 0 Å². The zero-order chi connectivity index (χ0) is 16.4. The average molecular weight is 339 g/mol. The first-order valence-electron chi connectivity index (χ1n) is 7.78. The van der Waals surface area contributed by atoms with E-state index in [2.05, 4.69) is 22.6 Å². The van der Waals surface area contributed by atoms with Crippen molar-refractivity contribution in [3.05, 3.63) is 59.4 Å². The van der Waals surface area contributed by atoms with Crippen LogP contribution in [0.15, 0.2) is 48.0 Å². The number of pyridine rings is 1. The maximum absolute atomic E-state index is 5.43. The predicted octanol–water partition coefficient (Wildman–Crippen LogP) is 3.78. The third kappa shape index (κ3) is 3.11. The highest BCUT2D eigenvalue weighted by Crippen LogP contribution is 2.36. The van der Waals surface area contributed by atoms with E-state index in [-0.39, 0.29) is 12.8 Å². The van der Waals surface area contributed by atoms with Crippen LogP contribution in [0, 0.1) is 0 Å². The van der Waals surface area contributed by atoms with E-state index in [1.165, 1.54) is 0 Å². The molecule has 1 atom stereocenters. The van der Waals surface area contributed by atoms with Crippen molar-refractivity contribution in [2.75, 3.05) is 6.79 Å². The highest BCUT2D eigenvalue weighted by Gasteiger charge is 2.15. The topological polar surface area (TPSA) is 56.3 Å². The van der Waals surface area contributed by atoms with Gasteiger partial charge in [-0.2, -0.15) is 0 Å². The van der Waals surface area contributed by atoms with Gasteiger partial charge in [0.1, 0.15) is 5.01 Å². The quantitative estimate of drug-likeness (QED) is 0.766. The lowest BCUT2D eigenvalue weighted by atomic mass is 10.2. The van der Waals surface area contributed by atoms with Gasteiger partial charge in [0, 0.05) is 29.7 Å². The zero-order valence-corrected chi connectivity index (χ0v) is 14.0. The Kier molecular flexibility index (Phi) is 4.15. The minimum Gasteiger partial charge on any atom is -0.454 e. The van der Waals surface area contributed by atoms with Crippen molar-refractivity contribution >= 4 is 11.3 Å². The smallest absolute Gasteiger partial charge is 0.231 e. The van der Waals surface area contributed by atoms with Crippen molar-refractivity contribution < 1.29 is 9.47 Å². The number of nitrogens with zero attached hydrogens (tertiary/aromatic N) is 2. The Hall–Kier alpha value is -2.44. The lowest BCUT2D eigenvalue weighted by molar-refractivity contribution is 0.174. The normalized spacial score (nSPS) is 13.9. The molecule has 0 aliphatic carbocycles. The molecule has 0 unspecified atom stereocenters. The lowest BCUT2D eigenvalue weighted by Crippen LogP contribution is -2.19. The van der Waals surface area contributed by atoms with E-state index < -0.39 is 0 Å². The minimum absolute atomic E-state index is 0.182. The zero-order valence-electron chi connectivity index (χ0n) is 13.2. The van der Waals surface area contributed by atoms with Crippen LogP contribution in [-0.4, -0.2) is 16.8 Å². The summed E-state index contributed by atoms with van der Waals surface area (Å²) in [7, 11) is 0. The largest absolute Gasteiger partial charge is 0.454 e. The standard InChI is InChI=1S/C18H17N3O2S/c1-12(15-4-2-3-7-19-15)20-9-14-10-24-18(21-14)13-5-6-16-17(8-13)23-11-22-16/h2-8,10,12,20H,9,11H2,1H3/t12-/m0/s1. The van der Waals surface area contributed by atoms with E-state index in [4.69, 9.17) is 14.5 Å². The van der Waals surface area contributed by atoms with Crippen LogP contribution >= 0.6 is 11.3 Å². The van der Waals surface area contributed by atoms with Gasteiger partial charge >= 0.3 is 0 Å². The first-order valence-corrected chi connectivity index (χ1v) is 8.66. The summed E-state index contributed by atoms with van der Waals surface area (Å²) in [5, 5.41) is 6.52. The van der Waals surface area contributed by atoms with Crippen molar-refractivity contribution in [1.29, 1.82) is 0 Å². The number of hydrogen-bond acceptors (Lipinski definition) is 6. The molecule has 1 N–H and O–H groups in total. The van der Waals surface area contributed by atoms with Crippen LogP contribution in [0.5, 0.6) is 11.5 Å². The Morgan fingerprint density at radius 3 is 3.00 bits per heavy atom. The van der Waals surface area contributed by atoms with E-state index >= 15 is 0 Å². The van der Waals surface area contributed by atoms with Gasteiger partial charge in [0.2, 0.25) is 6.79 Å². The molecule has 2 aromatic heterocycles. The van der Waals surface area contributed by atoms with Gasteiger partial charge in [0.15, 0.2) is 11.5 Å². The monoisotopic (exact) mass is 339 g/mol. The van der Waals surface area contributed by atoms with E-state index in [1.54, 1.807) is 11.3 Å². The fraction of sp³-hybridized carbons (Fsp3) is 0.222. The second-order valence-corrected chi connectivity index (χ2v) is 6.43. The van der Waals surface area contributed by atoms with Crippen LogP contribution in [0.2, 0.25) is 0 Å². The van der Waals surface area contributed by atoms with Crippen molar-refractivity contribution in [2.45, 2.75) is 19.5 Å². The number of rotatable bonds is 5. The molecule has 0 saturated carbocycles. The summed E-state index contributed by atoms with van der Waals surface area (Å²) >= 11 is 1.63. The molecule has 0 saturated heterocycles. The Balaban J connectivity index is 1.43. The second-order valence-electron chi connectivity index (χ2n) is 5.57. The molecule has 4 rings (SSSR count). The van der Waals surface area contributed by atoms with E-state index in [0.717, 1.165) is 33.5 Å². The van der Waals surface area contributed by atoms with Gasteiger partial charge in [0.05, 0.1) is 11.4 Å². The van der Waals surface area contributed by atoms with Crippen LogP contribution in [0.1, 0.15) is 24.4 Å². The number of aromatic nitrogens is 2. The first-order chi connectivity index (χ1) is 11.8. The highest BCUT2D eigenvalue weighted by molar-refractivity contribution is 7.13. The molecule has 6 heteroatoms. The molecule has 1 aliphatic rings. The molecule has 0 spiro atoms. The van der Waals surface area contributed by atoms with Gasteiger partial charge in [-0.15, -0.1) is 11.3 Å². The first kappa shape index (κ1) is 15.1. The number of fused-ring (bicyclic) bond motifs is 1. The molecule has 0 bridgehead atoms. The third-order valence-corrected chi connectivity index (χ3v) is 4.83. The Morgan fingerprint density at radius 2 is 2.12 bits per heavy atom. The number of benzene rings is 1. The lowest BCUT2D eigenvalue weighted by Gasteiger charge is -2.11. The van der Waals surface area contributed by atoms with Gasteiger partial charge in [-0.05, 0) is 37.3 Å². The van der Waals surface area contributed by atoms with Crippen molar-refractivity contribution in [3.8, 4) is 22.1 Å². The minimum atomic E-state index is 0.182. The van der Waals surface area contributed by atoms with Gasteiger partial charge in [-0.1, -0.05) is 6.07 Å². The van der Waals surface area contributed by atoms with Gasteiger partial charge in [-0.3, -0.25) is 4.98 Å². The summed E-state index contributed by atoms with van der Waals surface area (Å²) in [6.45, 7) is 3.10. The number of hydrogen-bond donors (Lipinski definition) is 1. The fourth-order valence-electron chi connectivity index (χ4n) is 2.54. The predicted molar refractivity (Wildman–Crippen MR) is 93.2 cm³/mol. The number of nitrogens with one attached hydrogen (secondary N) is 1. The van der Waals surface area contributed by atoms with Crippen molar-refractivity contribution in [2.24, 2.45) is 0 Å². The summed E-state index contributed by atoms with van der Waals surface area (Å²) in [6.07, 6.45) is 1.81. The average Bonchev–Trinajstić information content (AvgIpc) is 3.29. The molecular weight excluding hydrogens is 322 g/mol. The second kappa shape index (κ2) is 6.59. The molecular formula is C18H17N3O2S. The third-order valence-electron chi connectivity index (χ3n) is 3.89. The van der Waals surface area contributed by atoms with Crippen molar-refractivity contribution in [3.63, 3.8) is 0 Å². The summed E-state index contributed by atoms with van der Waals surface area (Å²) in [4.78, 5) is 9.08. The molecule has 5 nitrogen and oxygen atoms in total. The van der Waals surface area contributed by atoms with Crippen LogP contribution in [-0.2, 0) is 6.54 Å². The molecule has 0 amide bonds. The Bertz CT molecular complexity index is 835. The molecule has 122 valence electrons. The molecule has 0 fully saturated rings. The van der Waals surface area contributed by atoms with Gasteiger partial charge < -0.3 is 14.8 Å². The summed E-state index contributed by atoms with van der Waals surface area (Å²) in [6, 6.07) is 12.1. The molecule has 1 aromatic carbocycles. The van der Waals surface area contributed by atoms with Crippen molar-refractivity contribution in [1.82, 2.24) is 15.3 Å². The summed E-state index contributed by atoms with van der Waals surface area (Å²) in [5.74, 6) is 1.58. The molecule has 0 radical (unpaired) electrons. The van der Waals surface area contributed by atoms with Crippen LogP contribution < -0.4 is 14.8 Å². The highest BCUT2D eigenvalue weighted by atomic mass is 32.1. The van der Waals surface area contributed by atoms with E-state index in [1.807, 2.05) is 42.6 Å².